The third kappa shape index (κ3) is 9.51. The van der Waals surface area contributed by atoms with Crippen LogP contribution < -0.4 is 10.6 Å². The summed E-state index contributed by atoms with van der Waals surface area (Å²) in [5, 5.41) is 5.86. The molecule has 7 nitrogen and oxygen atoms in total. The Balaban J connectivity index is 2.57. The van der Waals surface area contributed by atoms with Crippen LogP contribution in [0.1, 0.15) is 83.2 Å². The predicted molar refractivity (Wildman–Crippen MR) is 152 cm³/mol. The number of carbonyl (C=O) groups excluding carboxylic acids is 3. The van der Waals surface area contributed by atoms with Crippen LogP contribution in [-0.4, -0.2) is 46.5 Å². The number of aryl methyl sites for hydroxylation is 2. The second-order valence-electron chi connectivity index (χ2n) is 11.9. The molecule has 0 bridgehead atoms. The summed E-state index contributed by atoms with van der Waals surface area (Å²) in [5.74, 6) is -0.599. The Kier molecular flexibility index (Phi) is 10.5. The highest BCUT2D eigenvalue weighted by Crippen LogP contribution is 2.28. The summed E-state index contributed by atoms with van der Waals surface area (Å²) in [6, 6.07) is 13.6. The van der Waals surface area contributed by atoms with E-state index >= 15 is 0 Å². The van der Waals surface area contributed by atoms with Crippen molar-refractivity contribution in [2.45, 2.75) is 98.4 Å². The number of hydrogen-bond acceptors (Lipinski definition) is 4. The van der Waals surface area contributed by atoms with Crippen molar-refractivity contribution in [2.24, 2.45) is 0 Å². The van der Waals surface area contributed by atoms with Crippen LogP contribution in [0.5, 0.6) is 0 Å². The lowest BCUT2D eigenvalue weighted by Crippen LogP contribution is -2.55. The first-order chi connectivity index (χ1) is 17.6. The van der Waals surface area contributed by atoms with Crippen molar-refractivity contribution in [1.29, 1.82) is 0 Å². The summed E-state index contributed by atoms with van der Waals surface area (Å²) in [6.07, 6.45) is 0.227. The van der Waals surface area contributed by atoms with E-state index in [1.54, 1.807) is 25.7 Å². The van der Waals surface area contributed by atoms with Crippen molar-refractivity contribution >= 4 is 17.9 Å². The summed E-state index contributed by atoms with van der Waals surface area (Å²) < 4.78 is 5.49. The molecule has 3 amide bonds. The molecule has 38 heavy (non-hydrogen) atoms. The predicted octanol–water partition coefficient (Wildman–Crippen LogP) is 5.63. The van der Waals surface area contributed by atoms with E-state index in [0.717, 1.165) is 22.3 Å². The summed E-state index contributed by atoms with van der Waals surface area (Å²) in [6.45, 7) is 17.3. The van der Waals surface area contributed by atoms with E-state index in [0.29, 0.717) is 13.0 Å². The molecule has 0 aliphatic heterocycles. The van der Waals surface area contributed by atoms with E-state index in [2.05, 4.69) is 10.6 Å². The lowest BCUT2D eigenvalue weighted by molar-refractivity contribution is -0.143. The normalized spacial score (nSPS) is 13.3. The maximum Gasteiger partial charge on any atom is 0.408 e. The molecule has 0 spiro atoms. The Morgan fingerprint density at radius 1 is 0.947 bits per heavy atom. The molecule has 0 heterocycles. The van der Waals surface area contributed by atoms with Gasteiger partial charge in [-0.25, -0.2) is 4.79 Å². The van der Waals surface area contributed by atoms with Gasteiger partial charge in [0.2, 0.25) is 11.8 Å². The van der Waals surface area contributed by atoms with Crippen molar-refractivity contribution in [3.63, 3.8) is 0 Å². The molecule has 2 rings (SSSR count). The van der Waals surface area contributed by atoms with Crippen LogP contribution in [0.3, 0.4) is 0 Å². The SMILES string of the molecule is CCCN(C(=O)C(Cc1ccccc1)NC(=O)OC(C)(C)C)C(C(=O)NC(C)(C)C)c1ccc(C)cc1C. The summed E-state index contributed by atoms with van der Waals surface area (Å²) in [7, 11) is 0. The van der Waals surface area contributed by atoms with Crippen LogP contribution in [0, 0.1) is 13.8 Å². The molecule has 7 heteroatoms. The Hall–Kier alpha value is -3.35. The molecule has 2 N–H and O–H groups in total. The number of rotatable bonds is 9. The molecule has 0 aromatic heterocycles. The first kappa shape index (κ1) is 30.9. The molecule has 0 radical (unpaired) electrons. The molecular formula is C31H45N3O4. The maximum absolute atomic E-state index is 14.3. The van der Waals surface area contributed by atoms with E-state index in [4.69, 9.17) is 4.74 Å². The lowest BCUT2D eigenvalue weighted by Gasteiger charge is -2.36. The molecule has 0 aliphatic rings. The maximum atomic E-state index is 14.3. The molecule has 0 fully saturated rings. The molecule has 2 aromatic carbocycles. The number of amides is 3. The summed E-state index contributed by atoms with van der Waals surface area (Å²) >= 11 is 0. The van der Waals surface area contributed by atoms with E-state index in [1.807, 2.05) is 90.1 Å². The highest BCUT2D eigenvalue weighted by Gasteiger charge is 2.37. The van der Waals surface area contributed by atoms with Crippen molar-refractivity contribution in [3.8, 4) is 0 Å². The minimum Gasteiger partial charge on any atom is -0.444 e. The third-order valence-electron chi connectivity index (χ3n) is 5.80. The fourth-order valence-corrected chi connectivity index (χ4v) is 4.33. The number of nitrogens with zero attached hydrogens (tertiary/aromatic N) is 1. The summed E-state index contributed by atoms with van der Waals surface area (Å²) in [4.78, 5) is 42.5. The first-order valence-corrected chi connectivity index (χ1v) is 13.3. The van der Waals surface area contributed by atoms with Gasteiger partial charge in [0.15, 0.2) is 0 Å². The van der Waals surface area contributed by atoms with E-state index in [-0.39, 0.29) is 18.2 Å². The number of nitrogens with one attached hydrogen (secondary N) is 2. The van der Waals surface area contributed by atoms with E-state index < -0.39 is 29.3 Å². The molecule has 2 aromatic rings. The highest BCUT2D eigenvalue weighted by atomic mass is 16.6. The Labute approximate surface area is 228 Å². The third-order valence-corrected chi connectivity index (χ3v) is 5.80. The van der Waals surface area contributed by atoms with Crippen LogP contribution in [0.4, 0.5) is 4.79 Å². The quantitative estimate of drug-likeness (QED) is 0.446. The number of hydrogen-bond donors (Lipinski definition) is 2. The monoisotopic (exact) mass is 523 g/mol. The average Bonchev–Trinajstić information content (AvgIpc) is 2.77. The van der Waals surface area contributed by atoms with Crippen LogP contribution in [0.15, 0.2) is 48.5 Å². The van der Waals surface area contributed by atoms with E-state index in [1.165, 1.54) is 0 Å². The average molecular weight is 524 g/mol. The largest absolute Gasteiger partial charge is 0.444 e. The molecule has 2 atom stereocenters. The lowest BCUT2D eigenvalue weighted by atomic mass is 9.94. The zero-order valence-electron chi connectivity index (χ0n) is 24.5. The van der Waals surface area contributed by atoms with Crippen LogP contribution >= 0.6 is 0 Å². The Morgan fingerprint density at radius 2 is 1.58 bits per heavy atom. The topological polar surface area (TPSA) is 87.7 Å². The molecular weight excluding hydrogens is 478 g/mol. The zero-order chi connectivity index (χ0) is 28.7. The molecule has 2 unspecified atom stereocenters. The first-order valence-electron chi connectivity index (χ1n) is 13.3. The zero-order valence-corrected chi connectivity index (χ0v) is 24.5. The van der Waals surface area contributed by atoms with Crippen molar-refractivity contribution in [3.05, 3.63) is 70.8 Å². The standard InChI is InChI=1S/C31H45N3O4/c1-10-18-34(26(27(35)33-30(4,5)6)24-17-16-21(2)19-22(24)3)28(36)25(20-23-14-12-11-13-15-23)32-29(37)38-31(7,8)9/h11-17,19,25-26H,10,18,20H2,1-9H3,(H,32,37)(H,33,35). The molecule has 208 valence electrons. The minimum absolute atomic E-state index is 0.262. The number of alkyl carbamates (subject to hydrolysis) is 1. The van der Waals surface area contributed by atoms with Gasteiger partial charge in [-0.05, 0) is 78.5 Å². The van der Waals surface area contributed by atoms with E-state index in [9.17, 15) is 14.4 Å². The van der Waals surface area contributed by atoms with Gasteiger partial charge in [-0.15, -0.1) is 0 Å². The fourth-order valence-electron chi connectivity index (χ4n) is 4.33. The smallest absolute Gasteiger partial charge is 0.408 e. The van der Waals surface area contributed by atoms with Crippen molar-refractivity contribution in [2.75, 3.05) is 6.54 Å². The van der Waals surface area contributed by atoms with Crippen LogP contribution in [0.25, 0.3) is 0 Å². The molecule has 0 saturated heterocycles. The van der Waals surface area contributed by atoms with Gasteiger partial charge >= 0.3 is 6.09 Å². The number of carbonyl (C=O) groups is 3. The van der Waals surface area contributed by atoms with Gasteiger partial charge < -0.3 is 20.3 Å². The fraction of sp³-hybridized carbons (Fsp3) is 0.516. The van der Waals surface area contributed by atoms with Gasteiger partial charge in [0.05, 0.1) is 0 Å². The Bertz CT molecular complexity index is 1100. The van der Waals surface area contributed by atoms with Gasteiger partial charge in [0.1, 0.15) is 17.7 Å². The second kappa shape index (κ2) is 12.9. The van der Waals surface area contributed by atoms with Gasteiger partial charge in [0.25, 0.3) is 0 Å². The van der Waals surface area contributed by atoms with Gasteiger partial charge in [-0.2, -0.15) is 0 Å². The second-order valence-corrected chi connectivity index (χ2v) is 11.9. The number of ether oxygens (including phenoxy) is 1. The minimum atomic E-state index is -0.922. The molecule has 0 aliphatic carbocycles. The summed E-state index contributed by atoms with van der Waals surface area (Å²) in [5.41, 5.74) is 2.43. The van der Waals surface area contributed by atoms with Crippen LogP contribution in [-0.2, 0) is 20.7 Å². The van der Waals surface area contributed by atoms with Gasteiger partial charge in [0, 0.05) is 18.5 Å². The number of benzene rings is 2. The van der Waals surface area contributed by atoms with Crippen molar-refractivity contribution < 1.29 is 19.1 Å². The van der Waals surface area contributed by atoms with Gasteiger partial charge in [-0.1, -0.05) is 61.0 Å². The Morgan fingerprint density at radius 3 is 2.11 bits per heavy atom. The van der Waals surface area contributed by atoms with Crippen molar-refractivity contribution in [1.82, 2.24) is 15.5 Å². The van der Waals surface area contributed by atoms with Gasteiger partial charge in [-0.3, -0.25) is 9.59 Å². The van der Waals surface area contributed by atoms with Crippen LogP contribution in [0.2, 0.25) is 0 Å². The highest BCUT2D eigenvalue weighted by molar-refractivity contribution is 5.92. The molecule has 0 saturated carbocycles.